The monoisotopic (exact) mass is 305 g/mol. The van der Waals surface area contributed by atoms with Gasteiger partial charge in [0.15, 0.2) is 4.34 Å². The molecule has 2 aromatic carbocycles. The summed E-state index contributed by atoms with van der Waals surface area (Å²) >= 11 is 2.79. The Labute approximate surface area is 124 Å². The van der Waals surface area contributed by atoms with Crippen LogP contribution in [0, 0.1) is 5.82 Å². The van der Waals surface area contributed by atoms with Crippen molar-refractivity contribution in [1.82, 2.24) is 4.98 Å². The molecule has 0 radical (unpaired) electrons. The largest absolute Gasteiger partial charge is 0.389 e. The number of para-hydroxylation sites is 1. The lowest BCUT2D eigenvalue weighted by molar-refractivity contribution is 0.195. The number of nitrogens with zero attached hydrogens (tertiary/aromatic N) is 1. The van der Waals surface area contributed by atoms with Gasteiger partial charge in [0.25, 0.3) is 0 Å². The molecule has 20 heavy (non-hydrogen) atoms. The maximum Gasteiger partial charge on any atom is 0.156 e. The number of halogens is 1. The van der Waals surface area contributed by atoms with Crippen molar-refractivity contribution in [3.05, 3.63) is 53.8 Å². The molecule has 3 aromatic rings. The fourth-order valence-electron chi connectivity index (χ4n) is 1.94. The van der Waals surface area contributed by atoms with Crippen LogP contribution in [0.5, 0.6) is 0 Å². The molecule has 0 unspecified atom stereocenters. The minimum Gasteiger partial charge on any atom is -0.389 e. The van der Waals surface area contributed by atoms with Gasteiger partial charge in [0, 0.05) is 0 Å². The summed E-state index contributed by atoms with van der Waals surface area (Å²) < 4.78 is 15.8. The van der Waals surface area contributed by atoms with E-state index in [2.05, 4.69) is 4.98 Å². The first-order valence-electron chi connectivity index (χ1n) is 6.15. The van der Waals surface area contributed by atoms with Gasteiger partial charge >= 0.3 is 0 Å². The normalized spacial score (nSPS) is 12.8. The number of hydrogen-bond acceptors (Lipinski definition) is 4. The Bertz CT molecular complexity index is 721. The first-order chi connectivity index (χ1) is 9.65. The van der Waals surface area contributed by atoms with Crippen LogP contribution in [-0.2, 0) is 0 Å². The number of hydrogen-bond donors (Lipinski definition) is 1. The number of aromatic nitrogens is 1. The predicted octanol–water partition coefficient (Wildman–Crippen LogP) is 4.64. The fraction of sp³-hybridized carbons (Fsp3) is 0.133. The molecular weight excluding hydrogens is 293 g/mol. The van der Waals surface area contributed by atoms with E-state index in [-0.39, 0.29) is 5.82 Å². The highest BCUT2D eigenvalue weighted by molar-refractivity contribution is 8.01. The molecule has 0 bridgehead atoms. The van der Waals surface area contributed by atoms with Crippen LogP contribution in [0.15, 0.2) is 51.7 Å². The maximum absolute atomic E-state index is 14.0. The van der Waals surface area contributed by atoms with E-state index in [1.165, 1.54) is 29.2 Å². The van der Waals surface area contributed by atoms with Gasteiger partial charge < -0.3 is 5.11 Å². The van der Waals surface area contributed by atoms with Crippen LogP contribution in [0.4, 0.5) is 4.39 Å². The molecule has 1 heterocycles. The lowest BCUT2D eigenvalue weighted by Crippen LogP contribution is -1.96. The molecule has 0 aliphatic rings. The van der Waals surface area contributed by atoms with E-state index >= 15 is 0 Å². The van der Waals surface area contributed by atoms with Crippen molar-refractivity contribution in [3.8, 4) is 0 Å². The van der Waals surface area contributed by atoms with E-state index in [1.807, 2.05) is 24.3 Å². The third kappa shape index (κ3) is 2.57. The Morgan fingerprint density at radius 3 is 2.75 bits per heavy atom. The van der Waals surface area contributed by atoms with Crippen molar-refractivity contribution in [2.24, 2.45) is 0 Å². The second kappa shape index (κ2) is 5.52. The van der Waals surface area contributed by atoms with Crippen molar-refractivity contribution in [3.63, 3.8) is 0 Å². The third-order valence-corrected chi connectivity index (χ3v) is 5.14. The van der Waals surface area contributed by atoms with Crippen LogP contribution in [-0.4, -0.2) is 10.1 Å². The minimum atomic E-state index is -0.706. The van der Waals surface area contributed by atoms with Gasteiger partial charge in [0.2, 0.25) is 0 Å². The first kappa shape index (κ1) is 13.5. The number of thiazole rings is 1. The summed E-state index contributed by atoms with van der Waals surface area (Å²) in [5, 5.41) is 9.75. The lowest BCUT2D eigenvalue weighted by atomic mass is 10.1. The molecule has 2 nitrogen and oxygen atoms in total. The van der Waals surface area contributed by atoms with Gasteiger partial charge in [0.05, 0.1) is 21.2 Å². The molecule has 5 heteroatoms. The van der Waals surface area contributed by atoms with Crippen molar-refractivity contribution < 1.29 is 9.50 Å². The maximum atomic E-state index is 14.0. The van der Waals surface area contributed by atoms with Gasteiger partial charge in [-0.2, -0.15) is 0 Å². The van der Waals surface area contributed by atoms with Crippen molar-refractivity contribution in [1.29, 1.82) is 0 Å². The molecule has 0 aliphatic carbocycles. The topological polar surface area (TPSA) is 33.1 Å². The second-order valence-electron chi connectivity index (χ2n) is 4.38. The molecule has 0 saturated heterocycles. The van der Waals surface area contributed by atoms with E-state index in [1.54, 1.807) is 19.1 Å². The Hall–Kier alpha value is -1.43. The first-order valence-corrected chi connectivity index (χ1v) is 7.78. The van der Waals surface area contributed by atoms with E-state index in [0.29, 0.717) is 10.5 Å². The molecule has 1 aromatic heterocycles. The zero-order valence-corrected chi connectivity index (χ0v) is 12.3. The summed E-state index contributed by atoms with van der Waals surface area (Å²) in [4.78, 5) is 4.93. The Kier molecular flexibility index (Phi) is 3.74. The summed E-state index contributed by atoms with van der Waals surface area (Å²) in [5.41, 5.74) is 1.50. The van der Waals surface area contributed by atoms with Gasteiger partial charge in [-0.05, 0) is 30.7 Å². The molecule has 3 rings (SSSR count). The van der Waals surface area contributed by atoms with Gasteiger partial charge in [-0.3, -0.25) is 0 Å². The van der Waals surface area contributed by atoms with Crippen LogP contribution in [0.1, 0.15) is 18.6 Å². The standard InChI is InChI=1S/C15H12FNOS2/c1-9(18)10-5-4-6-11(16)14(10)20-15-17-12-7-2-3-8-13(12)19-15/h2-9,18H,1H3/t9-/m1/s1. The lowest BCUT2D eigenvalue weighted by Gasteiger charge is -2.10. The summed E-state index contributed by atoms with van der Waals surface area (Å²) in [6.45, 7) is 1.64. The van der Waals surface area contributed by atoms with Crippen LogP contribution in [0.3, 0.4) is 0 Å². The fourth-order valence-corrected chi connectivity index (χ4v) is 4.17. The molecule has 0 saturated carbocycles. The summed E-state index contributed by atoms with van der Waals surface area (Å²) in [5.74, 6) is -0.326. The van der Waals surface area contributed by atoms with Gasteiger partial charge in [0.1, 0.15) is 5.82 Å². The van der Waals surface area contributed by atoms with E-state index in [4.69, 9.17) is 0 Å². The third-order valence-electron chi connectivity index (χ3n) is 2.91. The Balaban J connectivity index is 2.02. The van der Waals surface area contributed by atoms with Crippen LogP contribution < -0.4 is 0 Å². The molecular formula is C15H12FNOS2. The highest BCUT2D eigenvalue weighted by atomic mass is 32.2. The van der Waals surface area contributed by atoms with Crippen LogP contribution in [0.2, 0.25) is 0 Å². The SMILES string of the molecule is C[C@@H](O)c1cccc(F)c1Sc1nc2ccccc2s1. The Morgan fingerprint density at radius 2 is 2.00 bits per heavy atom. The molecule has 102 valence electrons. The zero-order chi connectivity index (χ0) is 14.1. The Morgan fingerprint density at radius 1 is 1.20 bits per heavy atom. The smallest absolute Gasteiger partial charge is 0.156 e. The minimum absolute atomic E-state index is 0.326. The number of fused-ring (bicyclic) bond motifs is 1. The van der Waals surface area contributed by atoms with Gasteiger partial charge in [-0.25, -0.2) is 9.37 Å². The second-order valence-corrected chi connectivity index (χ2v) is 6.67. The van der Waals surface area contributed by atoms with Gasteiger partial charge in [-0.15, -0.1) is 11.3 Å². The number of benzene rings is 2. The van der Waals surface area contributed by atoms with E-state index in [9.17, 15) is 9.50 Å². The molecule has 0 spiro atoms. The average Bonchev–Trinajstić information content (AvgIpc) is 2.83. The zero-order valence-electron chi connectivity index (χ0n) is 10.7. The van der Waals surface area contributed by atoms with Crippen molar-refractivity contribution in [2.45, 2.75) is 22.3 Å². The summed E-state index contributed by atoms with van der Waals surface area (Å²) in [6.07, 6.45) is -0.706. The molecule has 0 fully saturated rings. The number of aliphatic hydroxyl groups excluding tert-OH is 1. The summed E-state index contributed by atoms with van der Waals surface area (Å²) in [6, 6.07) is 12.6. The van der Waals surface area contributed by atoms with Crippen molar-refractivity contribution in [2.75, 3.05) is 0 Å². The highest BCUT2D eigenvalue weighted by Gasteiger charge is 2.15. The predicted molar refractivity (Wildman–Crippen MR) is 80.8 cm³/mol. The van der Waals surface area contributed by atoms with E-state index in [0.717, 1.165) is 14.6 Å². The number of aliphatic hydroxyl groups is 1. The van der Waals surface area contributed by atoms with E-state index < -0.39 is 6.10 Å². The van der Waals surface area contributed by atoms with Crippen LogP contribution >= 0.6 is 23.1 Å². The average molecular weight is 305 g/mol. The molecule has 1 N–H and O–H groups in total. The quantitative estimate of drug-likeness (QED) is 0.765. The van der Waals surface area contributed by atoms with Crippen LogP contribution in [0.25, 0.3) is 10.2 Å². The van der Waals surface area contributed by atoms with Crippen molar-refractivity contribution >= 4 is 33.3 Å². The molecule has 1 atom stereocenters. The summed E-state index contributed by atoms with van der Waals surface area (Å²) in [7, 11) is 0. The van der Waals surface area contributed by atoms with Gasteiger partial charge in [-0.1, -0.05) is 36.0 Å². The molecule has 0 aliphatic heterocycles. The highest BCUT2D eigenvalue weighted by Crippen LogP contribution is 2.38. The molecule has 0 amide bonds. The number of rotatable bonds is 3.